The molecule has 1 aliphatic rings. The molecule has 1 atom stereocenters. The monoisotopic (exact) mass is 343 g/mol. The second kappa shape index (κ2) is 6.88. The molecule has 1 amide bonds. The van der Waals surface area contributed by atoms with Crippen molar-refractivity contribution in [2.75, 3.05) is 20.2 Å². The molecule has 1 saturated heterocycles. The van der Waals surface area contributed by atoms with Gasteiger partial charge in [0, 0.05) is 25.2 Å². The van der Waals surface area contributed by atoms with Crippen LogP contribution in [0.4, 0.5) is 0 Å². The number of oxazole rings is 1. The van der Waals surface area contributed by atoms with Crippen molar-refractivity contribution in [3.05, 3.63) is 34.7 Å². The molecule has 3 rings (SSSR count). The second-order valence-electron chi connectivity index (χ2n) is 6.52. The highest BCUT2D eigenvalue weighted by molar-refractivity contribution is 5.82. The summed E-state index contributed by atoms with van der Waals surface area (Å²) in [5.74, 6) is 2.33. The van der Waals surface area contributed by atoms with E-state index in [4.69, 9.17) is 14.1 Å². The van der Waals surface area contributed by atoms with Gasteiger partial charge in [-0.3, -0.25) is 9.69 Å². The van der Waals surface area contributed by atoms with Crippen molar-refractivity contribution in [1.82, 2.24) is 15.2 Å². The zero-order valence-corrected chi connectivity index (χ0v) is 15.5. The molecule has 134 valence electrons. The van der Waals surface area contributed by atoms with Crippen molar-refractivity contribution < 1.29 is 13.9 Å². The summed E-state index contributed by atoms with van der Waals surface area (Å²) in [5.41, 5.74) is 4.03. The lowest BCUT2D eigenvalue weighted by atomic mass is 10.0. The van der Waals surface area contributed by atoms with E-state index in [1.165, 1.54) is 0 Å². The summed E-state index contributed by atoms with van der Waals surface area (Å²) in [5, 5.41) is 2.88. The van der Waals surface area contributed by atoms with Crippen LogP contribution in [0, 0.1) is 20.8 Å². The number of ether oxygens (including phenoxy) is 1. The van der Waals surface area contributed by atoms with Gasteiger partial charge in [-0.1, -0.05) is 0 Å². The van der Waals surface area contributed by atoms with Crippen LogP contribution in [-0.2, 0) is 11.3 Å². The van der Waals surface area contributed by atoms with Gasteiger partial charge >= 0.3 is 0 Å². The molecule has 1 aromatic heterocycles. The number of nitrogens with zero attached hydrogens (tertiary/aromatic N) is 2. The van der Waals surface area contributed by atoms with Crippen molar-refractivity contribution in [2.24, 2.45) is 0 Å². The molecule has 6 heteroatoms. The quantitative estimate of drug-likeness (QED) is 0.924. The predicted octanol–water partition coefficient (Wildman–Crippen LogP) is 2.60. The molecular formula is C19H25N3O3. The summed E-state index contributed by atoms with van der Waals surface area (Å²) in [6.45, 7) is 10.0. The lowest BCUT2D eigenvalue weighted by Gasteiger charge is -2.32. The zero-order chi connectivity index (χ0) is 18.1. The number of aromatic nitrogens is 1. The van der Waals surface area contributed by atoms with Gasteiger partial charge in [0.1, 0.15) is 11.5 Å². The average molecular weight is 343 g/mol. The molecule has 1 aromatic carbocycles. The third-order valence-corrected chi connectivity index (χ3v) is 5.06. The minimum atomic E-state index is -0.154. The highest BCUT2D eigenvalue weighted by atomic mass is 16.5. The Labute approximate surface area is 148 Å². The summed E-state index contributed by atoms with van der Waals surface area (Å²) < 4.78 is 11.3. The maximum atomic E-state index is 11.8. The third-order valence-electron chi connectivity index (χ3n) is 5.06. The fourth-order valence-corrected chi connectivity index (χ4v) is 3.18. The van der Waals surface area contributed by atoms with E-state index in [-0.39, 0.29) is 11.9 Å². The fourth-order valence-electron chi connectivity index (χ4n) is 3.18. The van der Waals surface area contributed by atoms with E-state index >= 15 is 0 Å². The molecular weight excluding hydrogens is 318 g/mol. The largest absolute Gasteiger partial charge is 0.496 e. The highest BCUT2D eigenvalue weighted by Gasteiger charge is 2.27. The van der Waals surface area contributed by atoms with Gasteiger partial charge in [-0.25, -0.2) is 4.98 Å². The van der Waals surface area contributed by atoms with Crippen molar-refractivity contribution in [3.8, 4) is 17.2 Å². The molecule has 2 heterocycles. The zero-order valence-electron chi connectivity index (χ0n) is 15.5. The molecule has 0 saturated carbocycles. The van der Waals surface area contributed by atoms with Gasteiger partial charge in [0.15, 0.2) is 0 Å². The van der Waals surface area contributed by atoms with Crippen LogP contribution in [0.15, 0.2) is 16.5 Å². The minimum Gasteiger partial charge on any atom is -0.496 e. The Hall–Kier alpha value is -2.34. The molecule has 1 aliphatic heterocycles. The van der Waals surface area contributed by atoms with Crippen LogP contribution in [-0.4, -0.2) is 42.0 Å². The molecule has 25 heavy (non-hydrogen) atoms. The van der Waals surface area contributed by atoms with Gasteiger partial charge in [0.2, 0.25) is 11.8 Å². The molecule has 0 unspecified atom stereocenters. The Morgan fingerprint density at radius 1 is 1.32 bits per heavy atom. The highest BCUT2D eigenvalue weighted by Crippen LogP contribution is 2.31. The van der Waals surface area contributed by atoms with Crippen molar-refractivity contribution >= 4 is 5.91 Å². The second-order valence-corrected chi connectivity index (χ2v) is 6.52. The molecule has 1 fully saturated rings. The summed E-state index contributed by atoms with van der Waals surface area (Å²) in [4.78, 5) is 18.7. The first-order valence-electron chi connectivity index (χ1n) is 8.55. The normalized spacial score (nSPS) is 18.3. The van der Waals surface area contributed by atoms with Crippen LogP contribution in [0.2, 0.25) is 0 Å². The Morgan fingerprint density at radius 3 is 2.80 bits per heavy atom. The number of piperazine rings is 1. The van der Waals surface area contributed by atoms with E-state index in [0.29, 0.717) is 19.0 Å². The summed E-state index contributed by atoms with van der Waals surface area (Å²) in [7, 11) is 1.67. The fraction of sp³-hybridized carbons (Fsp3) is 0.474. The molecule has 2 aromatic rings. The van der Waals surface area contributed by atoms with Crippen LogP contribution in [0.3, 0.4) is 0 Å². The van der Waals surface area contributed by atoms with Crippen molar-refractivity contribution in [1.29, 1.82) is 0 Å². The lowest BCUT2D eigenvalue weighted by molar-refractivity contribution is -0.128. The third kappa shape index (κ3) is 3.26. The maximum absolute atomic E-state index is 11.8. The first-order valence-corrected chi connectivity index (χ1v) is 8.55. The Kier molecular flexibility index (Phi) is 4.81. The number of hydrogen-bond acceptors (Lipinski definition) is 5. The first-order chi connectivity index (χ1) is 11.9. The number of hydrogen-bond donors (Lipinski definition) is 1. The van der Waals surface area contributed by atoms with E-state index in [2.05, 4.69) is 10.2 Å². The predicted molar refractivity (Wildman–Crippen MR) is 95.6 cm³/mol. The topological polar surface area (TPSA) is 67.6 Å². The van der Waals surface area contributed by atoms with E-state index in [0.717, 1.165) is 40.4 Å². The number of aryl methyl sites for hydroxylation is 1. The summed E-state index contributed by atoms with van der Waals surface area (Å²) in [6, 6.07) is 3.76. The SMILES string of the molecule is COc1ccc(-c2nc(CN3CCNC(=O)[C@@H]3C)c(C)o2)c(C)c1C. The van der Waals surface area contributed by atoms with Gasteiger partial charge < -0.3 is 14.5 Å². The number of rotatable bonds is 4. The lowest BCUT2D eigenvalue weighted by Crippen LogP contribution is -2.53. The van der Waals surface area contributed by atoms with Crippen LogP contribution in [0.1, 0.15) is 29.5 Å². The number of carbonyl (C=O) groups is 1. The Morgan fingerprint density at radius 2 is 2.08 bits per heavy atom. The summed E-state index contributed by atoms with van der Waals surface area (Å²) >= 11 is 0. The molecule has 1 N–H and O–H groups in total. The Balaban J connectivity index is 1.88. The van der Waals surface area contributed by atoms with Gasteiger partial charge in [0.05, 0.1) is 18.8 Å². The van der Waals surface area contributed by atoms with Gasteiger partial charge in [-0.15, -0.1) is 0 Å². The maximum Gasteiger partial charge on any atom is 0.237 e. The molecule has 0 bridgehead atoms. The number of carbonyl (C=O) groups excluding carboxylic acids is 1. The van der Waals surface area contributed by atoms with Crippen LogP contribution >= 0.6 is 0 Å². The van der Waals surface area contributed by atoms with Crippen molar-refractivity contribution in [3.63, 3.8) is 0 Å². The first kappa shape index (κ1) is 17.5. The van der Waals surface area contributed by atoms with Gasteiger partial charge in [-0.05, 0) is 51.0 Å². The standard InChI is InChI=1S/C19H25N3O3/c1-11-12(2)17(24-5)7-6-15(11)19-21-16(14(4)25-19)10-22-9-8-20-18(23)13(22)3/h6-7,13H,8-10H2,1-5H3,(H,20,23)/t13-/m0/s1. The molecule has 0 aliphatic carbocycles. The molecule has 0 radical (unpaired) electrons. The van der Waals surface area contributed by atoms with Crippen LogP contribution in [0.5, 0.6) is 5.75 Å². The Bertz CT molecular complexity index is 797. The minimum absolute atomic E-state index is 0.0641. The van der Waals surface area contributed by atoms with E-state index in [1.54, 1.807) is 7.11 Å². The number of methoxy groups -OCH3 is 1. The van der Waals surface area contributed by atoms with Crippen molar-refractivity contribution in [2.45, 2.75) is 40.3 Å². The number of nitrogens with one attached hydrogen (secondary N) is 1. The van der Waals surface area contributed by atoms with E-state index in [1.807, 2.05) is 39.8 Å². The van der Waals surface area contributed by atoms with Crippen LogP contribution in [0.25, 0.3) is 11.5 Å². The molecule has 6 nitrogen and oxygen atoms in total. The summed E-state index contributed by atoms with van der Waals surface area (Å²) in [6.07, 6.45) is 0. The van der Waals surface area contributed by atoms with E-state index < -0.39 is 0 Å². The average Bonchev–Trinajstić information content (AvgIpc) is 2.95. The van der Waals surface area contributed by atoms with Gasteiger partial charge in [0.25, 0.3) is 0 Å². The number of benzene rings is 1. The smallest absolute Gasteiger partial charge is 0.237 e. The van der Waals surface area contributed by atoms with E-state index in [9.17, 15) is 4.79 Å². The van der Waals surface area contributed by atoms with Gasteiger partial charge in [-0.2, -0.15) is 0 Å². The van der Waals surface area contributed by atoms with Crippen LogP contribution < -0.4 is 10.1 Å². The molecule has 0 spiro atoms. The number of amides is 1.